The van der Waals surface area contributed by atoms with Crippen LogP contribution >= 0.6 is 39.3 Å². The number of thioether (sulfide) groups is 1. The highest BCUT2D eigenvalue weighted by molar-refractivity contribution is 9.10. The van der Waals surface area contributed by atoms with Crippen molar-refractivity contribution < 1.29 is 4.79 Å². The number of carbonyl (C=O) groups excluding carboxylic acids is 1. The lowest BCUT2D eigenvalue weighted by molar-refractivity contribution is -0.113. The minimum atomic E-state index is -0.101. The molecule has 1 heterocycles. The number of hydrogen-bond donors (Lipinski definition) is 1. The van der Waals surface area contributed by atoms with Gasteiger partial charge in [0.05, 0.1) is 5.75 Å². The van der Waals surface area contributed by atoms with Crippen molar-refractivity contribution in [1.29, 1.82) is 0 Å². The Labute approximate surface area is 204 Å². The average Bonchev–Trinajstić information content (AvgIpc) is 3.18. The molecule has 4 aromatic rings. The van der Waals surface area contributed by atoms with Crippen molar-refractivity contribution in [2.75, 3.05) is 11.1 Å². The third kappa shape index (κ3) is 5.59. The number of anilines is 1. The number of nitrogens with zero attached hydrogens (tertiary/aromatic N) is 3. The van der Waals surface area contributed by atoms with Gasteiger partial charge in [0.2, 0.25) is 5.91 Å². The summed E-state index contributed by atoms with van der Waals surface area (Å²) < 4.78 is 2.95. The van der Waals surface area contributed by atoms with Crippen molar-refractivity contribution in [3.63, 3.8) is 0 Å². The van der Waals surface area contributed by atoms with Crippen molar-refractivity contribution in [2.45, 2.75) is 18.5 Å². The average molecular weight is 528 g/mol. The molecule has 0 spiro atoms. The zero-order chi connectivity index (χ0) is 22.5. The summed E-state index contributed by atoms with van der Waals surface area (Å²) in [6.45, 7) is 1.96. The molecule has 8 heteroatoms. The molecule has 32 heavy (non-hydrogen) atoms. The molecular formula is C24H20BrClN4OS. The second kappa shape index (κ2) is 10.3. The first-order valence-electron chi connectivity index (χ1n) is 9.92. The zero-order valence-electron chi connectivity index (χ0n) is 17.3. The van der Waals surface area contributed by atoms with Gasteiger partial charge < -0.3 is 5.32 Å². The summed E-state index contributed by atoms with van der Waals surface area (Å²) in [7, 11) is 0. The molecule has 1 amide bonds. The third-order valence-electron chi connectivity index (χ3n) is 4.79. The van der Waals surface area contributed by atoms with Gasteiger partial charge in [0.25, 0.3) is 0 Å². The highest BCUT2D eigenvalue weighted by atomic mass is 79.9. The molecule has 0 bridgehead atoms. The van der Waals surface area contributed by atoms with Gasteiger partial charge in [-0.05, 0) is 60.5 Å². The second-order valence-corrected chi connectivity index (χ2v) is 9.46. The molecule has 0 radical (unpaired) electrons. The van der Waals surface area contributed by atoms with Gasteiger partial charge in [-0.15, -0.1) is 10.2 Å². The van der Waals surface area contributed by atoms with Crippen molar-refractivity contribution in [2.24, 2.45) is 0 Å². The fourth-order valence-corrected chi connectivity index (χ4v) is 4.59. The van der Waals surface area contributed by atoms with Gasteiger partial charge in [-0.3, -0.25) is 9.36 Å². The van der Waals surface area contributed by atoms with Crippen LogP contribution in [0.2, 0.25) is 5.02 Å². The second-order valence-electron chi connectivity index (χ2n) is 7.17. The summed E-state index contributed by atoms with van der Waals surface area (Å²) in [5.41, 5.74) is 3.82. The molecule has 0 saturated carbocycles. The first-order chi connectivity index (χ1) is 15.5. The summed E-state index contributed by atoms with van der Waals surface area (Å²) in [6, 6.07) is 23.4. The highest BCUT2D eigenvalue weighted by Gasteiger charge is 2.17. The summed E-state index contributed by atoms with van der Waals surface area (Å²) in [4.78, 5) is 12.6. The van der Waals surface area contributed by atoms with Crippen LogP contribution in [-0.4, -0.2) is 26.4 Å². The Bertz CT molecular complexity index is 1230. The number of carbonyl (C=O) groups is 1. The molecule has 0 aliphatic rings. The zero-order valence-corrected chi connectivity index (χ0v) is 20.4. The van der Waals surface area contributed by atoms with Crippen molar-refractivity contribution >= 4 is 50.9 Å². The normalized spacial score (nSPS) is 10.8. The van der Waals surface area contributed by atoms with Gasteiger partial charge in [0.1, 0.15) is 5.82 Å². The van der Waals surface area contributed by atoms with Crippen molar-refractivity contribution in [3.05, 3.63) is 99.2 Å². The number of benzene rings is 3. The first-order valence-corrected chi connectivity index (χ1v) is 12.1. The van der Waals surface area contributed by atoms with E-state index in [0.29, 0.717) is 16.6 Å². The fourth-order valence-electron chi connectivity index (χ4n) is 3.22. The van der Waals surface area contributed by atoms with Gasteiger partial charge in [-0.2, -0.15) is 0 Å². The SMILES string of the molecule is Cc1cc(Br)ccc1NC(=O)CSc1nnc(Cc2ccccc2)n1-c1ccc(Cl)cc1. The molecule has 0 atom stereocenters. The predicted octanol–water partition coefficient (Wildman–Crippen LogP) is 6.31. The van der Waals surface area contributed by atoms with E-state index >= 15 is 0 Å². The maximum Gasteiger partial charge on any atom is 0.234 e. The monoisotopic (exact) mass is 526 g/mol. The van der Waals surface area contributed by atoms with Crippen molar-refractivity contribution in [1.82, 2.24) is 14.8 Å². The highest BCUT2D eigenvalue weighted by Crippen LogP contribution is 2.25. The molecule has 1 aromatic heterocycles. The summed E-state index contributed by atoms with van der Waals surface area (Å²) in [5.74, 6) is 0.910. The Hall–Kier alpha value is -2.61. The van der Waals surface area contributed by atoms with Crippen LogP contribution in [0.3, 0.4) is 0 Å². The topological polar surface area (TPSA) is 59.8 Å². The smallest absolute Gasteiger partial charge is 0.234 e. The standard InChI is InChI=1S/C24H20BrClN4OS/c1-16-13-18(25)7-12-21(16)27-23(31)15-32-24-29-28-22(14-17-5-3-2-4-6-17)30(24)20-10-8-19(26)9-11-20/h2-13H,14-15H2,1H3,(H,27,31). The molecule has 0 unspecified atom stereocenters. The number of halogens is 2. The van der Waals surface area contributed by atoms with Crippen LogP contribution in [0.15, 0.2) is 82.4 Å². The van der Waals surface area contributed by atoms with E-state index in [0.717, 1.165) is 32.8 Å². The van der Waals surface area contributed by atoms with Crippen LogP contribution < -0.4 is 5.32 Å². The van der Waals surface area contributed by atoms with Crippen LogP contribution in [0.4, 0.5) is 5.69 Å². The molecule has 0 fully saturated rings. The molecule has 0 aliphatic heterocycles. The van der Waals surface area contributed by atoms with E-state index < -0.39 is 0 Å². The van der Waals surface area contributed by atoms with E-state index in [-0.39, 0.29) is 11.7 Å². The first kappa shape index (κ1) is 22.6. The van der Waals surface area contributed by atoms with Crippen LogP contribution in [-0.2, 0) is 11.2 Å². The van der Waals surface area contributed by atoms with E-state index in [2.05, 4.69) is 43.6 Å². The van der Waals surface area contributed by atoms with Gasteiger partial charge in [0, 0.05) is 27.3 Å². The third-order valence-corrected chi connectivity index (χ3v) is 6.46. The molecular weight excluding hydrogens is 508 g/mol. The minimum Gasteiger partial charge on any atom is -0.325 e. The maximum absolute atomic E-state index is 12.6. The lowest BCUT2D eigenvalue weighted by Crippen LogP contribution is -2.15. The van der Waals surface area contributed by atoms with Crippen LogP contribution in [0.5, 0.6) is 0 Å². The van der Waals surface area contributed by atoms with Crippen molar-refractivity contribution in [3.8, 4) is 5.69 Å². The quantitative estimate of drug-likeness (QED) is 0.286. The maximum atomic E-state index is 12.6. The predicted molar refractivity (Wildman–Crippen MR) is 134 cm³/mol. The largest absolute Gasteiger partial charge is 0.325 e. The number of hydrogen-bond acceptors (Lipinski definition) is 4. The number of nitrogens with one attached hydrogen (secondary N) is 1. The number of aryl methyl sites for hydroxylation is 1. The van der Waals surface area contributed by atoms with Gasteiger partial charge in [-0.25, -0.2) is 0 Å². The fraction of sp³-hybridized carbons (Fsp3) is 0.125. The van der Waals surface area contributed by atoms with E-state index in [1.165, 1.54) is 11.8 Å². The summed E-state index contributed by atoms with van der Waals surface area (Å²) >= 11 is 10.9. The Balaban J connectivity index is 1.55. The number of aromatic nitrogens is 3. The van der Waals surface area contributed by atoms with Crippen LogP contribution in [0, 0.1) is 6.92 Å². The van der Waals surface area contributed by atoms with E-state index in [1.54, 1.807) is 0 Å². The molecule has 3 aromatic carbocycles. The Morgan fingerprint density at radius 1 is 1.06 bits per heavy atom. The number of amides is 1. The Morgan fingerprint density at radius 2 is 1.81 bits per heavy atom. The van der Waals surface area contributed by atoms with E-state index in [9.17, 15) is 4.79 Å². The molecule has 0 aliphatic carbocycles. The van der Waals surface area contributed by atoms with Crippen LogP contribution in [0.25, 0.3) is 5.69 Å². The summed E-state index contributed by atoms with van der Waals surface area (Å²) in [6.07, 6.45) is 0.626. The molecule has 162 valence electrons. The molecule has 5 nitrogen and oxygen atoms in total. The molecule has 4 rings (SSSR count). The van der Waals surface area contributed by atoms with Crippen LogP contribution in [0.1, 0.15) is 17.0 Å². The number of rotatable bonds is 7. The van der Waals surface area contributed by atoms with E-state index in [4.69, 9.17) is 11.6 Å². The molecule has 0 saturated heterocycles. The van der Waals surface area contributed by atoms with Gasteiger partial charge >= 0.3 is 0 Å². The Morgan fingerprint density at radius 3 is 2.53 bits per heavy atom. The molecule has 1 N–H and O–H groups in total. The lowest BCUT2D eigenvalue weighted by Gasteiger charge is -2.11. The summed E-state index contributed by atoms with van der Waals surface area (Å²) in [5, 5.41) is 13.1. The van der Waals surface area contributed by atoms with E-state index in [1.807, 2.05) is 72.2 Å². The lowest BCUT2D eigenvalue weighted by atomic mass is 10.1. The Kier molecular flexibility index (Phi) is 7.29. The van der Waals surface area contributed by atoms with Gasteiger partial charge in [-0.1, -0.05) is 69.6 Å². The minimum absolute atomic E-state index is 0.101. The van der Waals surface area contributed by atoms with Gasteiger partial charge in [0.15, 0.2) is 5.16 Å².